The maximum Gasteiger partial charge on any atom is 0.278 e. The molecular weight excluding hydrogens is 541 g/mol. The lowest BCUT2D eigenvalue weighted by Gasteiger charge is -2.44. The van der Waals surface area contributed by atoms with Gasteiger partial charge in [0.25, 0.3) is 8.32 Å². The van der Waals surface area contributed by atoms with Gasteiger partial charge in [-0.2, -0.15) is 0 Å². The van der Waals surface area contributed by atoms with E-state index in [2.05, 4.69) is 109 Å². The first kappa shape index (κ1) is 35.9. The van der Waals surface area contributed by atoms with Gasteiger partial charge in [0.15, 0.2) is 33.3 Å². The number of hydrogen-bond acceptors (Lipinski definition) is 7. The third-order valence-electron chi connectivity index (χ3n) is 4.13. The van der Waals surface area contributed by atoms with Crippen LogP contribution in [0.25, 0.3) is 0 Å². The lowest BCUT2D eigenvalue weighted by molar-refractivity contribution is -0.120. The molecule has 0 aromatic heterocycles. The van der Waals surface area contributed by atoms with Crippen LogP contribution >= 0.6 is 0 Å². The van der Waals surface area contributed by atoms with Crippen molar-refractivity contribution >= 4 is 53.7 Å². The summed E-state index contributed by atoms with van der Waals surface area (Å²) in [5.41, 5.74) is 0. The molecule has 1 N–H and O–H groups in total. The third-order valence-corrected chi connectivity index (χ3v) is 8.78. The van der Waals surface area contributed by atoms with Gasteiger partial charge in [-0.1, -0.05) is 0 Å². The summed E-state index contributed by atoms with van der Waals surface area (Å²) in [6.45, 7) is 34.0. The summed E-state index contributed by atoms with van der Waals surface area (Å²) in [5, 5.41) is 7.35. The molecule has 8 nitrogen and oxygen atoms in total. The molecule has 0 saturated heterocycles. The first-order valence-electron chi connectivity index (χ1n) is 12.9. The molecule has 0 rings (SSSR count). The van der Waals surface area contributed by atoms with Crippen molar-refractivity contribution in [2.45, 2.75) is 129 Å². The maximum absolute atomic E-state index is 12.3. The molecular formula is C23H56N2O6Si5. The van der Waals surface area contributed by atoms with Crippen LogP contribution in [0.4, 0.5) is 0 Å². The Morgan fingerprint density at radius 2 is 1.14 bits per heavy atom. The van der Waals surface area contributed by atoms with Crippen molar-refractivity contribution in [2.75, 3.05) is 6.61 Å². The highest BCUT2D eigenvalue weighted by atomic mass is 28.4. The zero-order chi connectivity index (χ0) is 28.8. The van der Waals surface area contributed by atoms with Crippen LogP contribution in [0.1, 0.15) is 6.92 Å². The van der Waals surface area contributed by atoms with Crippen LogP contribution in [0.3, 0.4) is 0 Å². The van der Waals surface area contributed by atoms with E-state index in [1.165, 1.54) is 6.92 Å². The van der Waals surface area contributed by atoms with Gasteiger partial charge < -0.3 is 27.5 Å². The second kappa shape index (κ2) is 13.8. The second-order valence-electron chi connectivity index (χ2n) is 14.3. The third kappa shape index (κ3) is 19.0. The topological polar surface area (TPSA) is 87.6 Å². The highest BCUT2D eigenvalue weighted by molar-refractivity contribution is 6.71. The van der Waals surface area contributed by atoms with Crippen molar-refractivity contribution in [3.8, 4) is 0 Å². The second-order valence-corrected chi connectivity index (χ2v) is 36.6. The molecule has 1 amide bonds. The average molecular weight is 597 g/mol. The number of nitrogens with zero attached hydrogens (tertiary/aromatic N) is 1. The van der Waals surface area contributed by atoms with E-state index in [9.17, 15) is 4.79 Å². The number of oxime groups is 1. The Hall–Kier alpha value is -0.136. The van der Waals surface area contributed by atoms with Crippen LogP contribution in [-0.4, -0.2) is 84.7 Å². The number of amides is 1. The summed E-state index contributed by atoms with van der Waals surface area (Å²) in [6, 6.07) is -0.549. The Balaban J connectivity index is 6.78. The normalized spacial score (nSPS) is 17.6. The van der Waals surface area contributed by atoms with Crippen LogP contribution < -0.4 is 5.32 Å². The van der Waals surface area contributed by atoms with E-state index >= 15 is 0 Å². The first-order valence-corrected chi connectivity index (χ1v) is 30.0. The number of carbonyl (C=O) groups is 1. The van der Waals surface area contributed by atoms with Crippen LogP contribution in [0.2, 0.25) is 98.2 Å². The van der Waals surface area contributed by atoms with Gasteiger partial charge in [-0.15, -0.1) is 5.16 Å². The van der Waals surface area contributed by atoms with Crippen LogP contribution in [0.5, 0.6) is 0 Å². The van der Waals surface area contributed by atoms with Gasteiger partial charge in [0.05, 0.1) is 37.2 Å². The molecule has 4 atom stereocenters. The van der Waals surface area contributed by atoms with E-state index in [1.54, 1.807) is 6.21 Å². The van der Waals surface area contributed by atoms with E-state index in [0.29, 0.717) is 6.61 Å². The zero-order valence-corrected chi connectivity index (χ0v) is 31.0. The SMILES string of the molecule is CC(=O)NC(C=NO[Si](C)(C)C)C(O[Si](C)(C)C)C(O[Si](C)(C)C)C(CO[Si](C)(C)C)O[Si](C)(C)C. The summed E-state index contributed by atoms with van der Waals surface area (Å²) in [6.07, 6.45) is 0.337. The van der Waals surface area contributed by atoms with E-state index in [1.807, 2.05) is 0 Å². The van der Waals surface area contributed by atoms with Crippen molar-refractivity contribution in [3.05, 3.63) is 0 Å². The lowest BCUT2D eigenvalue weighted by Crippen LogP contribution is -2.61. The van der Waals surface area contributed by atoms with E-state index in [4.69, 9.17) is 22.2 Å². The zero-order valence-electron chi connectivity index (χ0n) is 26.0. The predicted molar refractivity (Wildman–Crippen MR) is 164 cm³/mol. The molecule has 13 heteroatoms. The van der Waals surface area contributed by atoms with Gasteiger partial charge in [0.1, 0.15) is 0 Å². The van der Waals surface area contributed by atoms with Gasteiger partial charge in [-0.05, 0) is 98.2 Å². The quantitative estimate of drug-likeness (QED) is 0.137. The first-order chi connectivity index (χ1) is 15.8. The van der Waals surface area contributed by atoms with Gasteiger partial charge in [0.2, 0.25) is 5.91 Å². The number of hydrogen-bond donors (Lipinski definition) is 1. The fraction of sp³-hybridized carbons (Fsp3) is 0.913. The molecule has 0 saturated carbocycles. The van der Waals surface area contributed by atoms with E-state index < -0.39 is 59.8 Å². The Morgan fingerprint density at radius 3 is 1.50 bits per heavy atom. The van der Waals surface area contributed by atoms with Gasteiger partial charge >= 0.3 is 0 Å². The Bertz CT molecular complexity index is 706. The molecule has 0 radical (unpaired) electrons. The number of rotatable bonds is 16. The molecule has 0 aliphatic heterocycles. The summed E-state index contributed by atoms with van der Waals surface area (Å²) >= 11 is 0. The number of carbonyl (C=O) groups excluding carboxylic acids is 1. The molecule has 0 heterocycles. The van der Waals surface area contributed by atoms with Gasteiger partial charge in [-0.3, -0.25) is 4.79 Å². The van der Waals surface area contributed by atoms with Crippen molar-refractivity contribution in [1.29, 1.82) is 0 Å². The van der Waals surface area contributed by atoms with Crippen molar-refractivity contribution in [2.24, 2.45) is 5.16 Å². The largest absolute Gasteiger partial charge is 0.456 e. The molecule has 4 unspecified atom stereocenters. The minimum absolute atomic E-state index is 0.170. The Morgan fingerprint density at radius 1 is 0.694 bits per heavy atom. The predicted octanol–water partition coefficient (Wildman–Crippen LogP) is 5.84. The molecule has 0 spiro atoms. The van der Waals surface area contributed by atoms with E-state index in [0.717, 1.165) is 0 Å². The van der Waals surface area contributed by atoms with Gasteiger partial charge in [-0.25, -0.2) is 0 Å². The highest BCUT2D eigenvalue weighted by Crippen LogP contribution is 2.26. The summed E-state index contributed by atoms with van der Waals surface area (Å²) in [4.78, 5) is 12.3. The van der Waals surface area contributed by atoms with Crippen molar-refractivity contribution < 1.29 is 27.0 Å². The molecule has 0 aliphatic carbocycles. The molecule has 0 aromatic rings. The monoisotopic (exact) mass is 596 g/mol. The highest BCUT2D eigenvalue weighted by Gasteiger charge is 2.43. The van der Waals surface area contributed by atoms with Crippen LogP contribution in [0, 0.1) is 0 Å². The summed E-state index contributed by atoms with van der Waals surface area (Å²) in [7, 11) is -9.89. The molecule has 0 fully saturated rings. The molecule has 0 bridgehead atoms. The van der Waals surface area contributed by atoms with Crippen molar-refractivity contribution in [1.82, 2.24) is 5.32 Å². The minimum Gasteiger partial charge on any atom is -0.456 e. The van der Waals surface area contributed by atoms with Gasteiger partial charge in [0, 0.05) is 6.92 Å². The van der Waals surface area contributed by atoms with Crippen molar-refractivity contribution in [3.63, 3.8) is 0 Å². The van der Waals surface area contributed by atoms with Crippen LogP contribution in [0.15, 0.2) is 5.16 Å². The van der Waals surface area contributed by atoms with E-state index in [-0.39, 0.29) is 12.0 Å². The summed E-state index contributed by atoms with van der Waals surface area (Å²) < 4.78 is 32.5. The molecule has 0 aliphatic rings. The molecule has 36 heavy (non-hydrogen) atoms. The fourth-order valence-corrected chi connectivity index (χ4v) is 7.54. The minimum atomic E-state index is -2.10. The Kier molecular flexibility index (Phi) is 13.7. The fourth-order valence-electron chi connectivity index (χ4n) is 3.19. The molecule has 214 valence electrons. The summed E-state index contributed by atoms with van der Waals surface area (Å²) in [5.74, 6) is -0.170. The average Bonchev–Trinajstić information content (AvgIpc) is 2.56. The lowest BCUT2D eigenvalue weighted by atomic mass is 10.0. The molecule has 0 aromatic carbocycles. The number of nitrogens with one attached hydrogen (secondary N) is 1. The smallest absolute Gasteiger partial charge is 0.278 e. The maximum atomic E-state index is 12.3. The van der Waals surface area contributed by atoms with Crippen LogP contribution in [-0.2, 0) is 27.0 Å². The Labute approximate surface area is 226 Å². The standard InChI is InChI=1S/C23H56N2O6Si5/c1-19(26)25-20(17-24-31-36(14,15)16)22(29-34(8,9)10)23(30-35(11,12)13)21(28-33(5,6)7)18-27-32(2,3)4/h17,20-23H,18H2,1-16H3,(H,25,26).